The maximum atomic E-state index is 13.6. The Morgan fingerprint density at radius 1 is 1.00 bits per heavy atom. The summed E-state index contributed by atoms with van der Waals surface area (Å²) >= 11 is 4.59. The van der Waals surface area contributed by atoms with Gasteiger partial charge in [-0.3, -0.25) is 0 Å². The van der Waals surface area contributed by atoms with Crippen LogP contribution in [0.1, 0.15) is 6.42 Å². The molecule has 0 aliphatic carbocycles. The summed E-state index contributed by atoms with van der Waals surface area (Å²) in [6, 6.07) is 22.2. The molecule has 1 aliphatic heterocycles. The van der Waals surface area contributed by atoms with Crippen molar-refractivity contribution in [3.63, 3.8) is 0 Å². The number of aromatic nitrogens is 3. The number of nitrogens with two attached hydrogens (primary N) is 1. The van der Waals surface area contributed by atoms with Crippen molar-refractivity contribution in [2.75, 3.05) is 12.3 Å². The van der Waals surface area contributed by atoms with E-state index in [0.717, 1.165) is 16.3 Å². The Morgan fingerprint density at radius 3 is 2.50 bits per heavy atom. The molecule has 7 nitrogen and oxygen atoms in total. The minimum absolute atomic E-state index is 0.0615. The summed E-state index contributed by atoms with van der Waals surface area (Å²) in [6.45, 7) is 0.651. The molecule has 2 atom stereocenters. The van der Waals surface area contributed by atoms with Crippen molar-refractivity contribution in [1.82, 2.24) is 19.3 Å². The minimum atomic E-state index is -3.71. The van der Waals surface area contributed by atoms with Crippen LogP contribution in [-0.2, 0) is 16.6 Å². The largest absolute Gasteiger partial charge is 0.382 e. The first kappa shape index (κ1) is 21.0. The number of anilines is 1. The van der Waals surface area contributed by atoms with Gasteiger partial charge in [-0.25, -0.2) is 13.1 Å². The molecule has 3 aromatic carbocycles. The van der Waals surface area contributed by atoms with Gasteiger partial charge < -0.3 is 5.73 Å². The van der Waals surface area contributed by atoms with Gasteiger partial charge in [0.25, 0.3) is 0 Å². The summed E-state index contributed by atoms with van der Waals surface area (Å²) in [7, 11) is -3.71. The number of nitrogen functional groups attached to an aromatic ring is 1. The molecule has 0 spiro atoms. The van der Waals surface area contributed by atoms with Crippen LogP contribution in [0.3, 0.4) is 0 Å². The lowest BCUT2D eigenvalue weighted by atomic mass is 10.1. The Morgan fingerprint density at radius 2 is 1.72 bits per heavy atom. The maximum Gasteiger partial charge on any atom is 0.243 e. The van der Waals surface area contributed by atoms with E-state index >= 15 is 0 Å². The van der Waals surface area contributed by atoms with E-state index in [2.05, 4.69) is 22.9 Å². The van der Waals surface area contributed by atoms with E-state index in [1.807, 2.05) is 60.7 Å². The average Bonchev–Trinajstić information content (AvgIpc) is 3.36. The van der Waals surface area contributed by atoms with Gasteiger partial charge in [-0.1, -0.05) is 65.9 Å². The Hall–Kier alpha value is -2.88. The highest BCUT2D eigenvalue weighted by molar-refractivity contribution is 7.89. The fourth-order valence-electron chi connectivity index (χ4n) is 4.24. The molecule has 0 saturated carbocycles. The normalized spacial score (nSPS) is 19.5. The topological polar surface area (TPSA) is 94.1 Å². The highest BCUT2D eigenvalue weighted by Gasteiger charge is 2.39. The van der Waals surface area contributed by atoms with Crippen LogP contribution in [0.25, 0.3) is 22.0 Å². The monoisotopic (exact) mass is 465 g/mol. The third-order valence-electron chi connectivity index (χ3n) is 5.87. The van der Waals surface area contributed by atoms with Gasteiger partial charge in [0.15, 0.2) is 0 Å². The fraction of sp³-hybridized carbons (Fsp3) is 0.217. The standard InChI is InChI=1S/C23H23N5O2S2/c24-23-22(17-7-2-1-3-8-17)25-26-27(23)14-19-13-20(31)15-28(19)32(29,30)21-11-10-16-6-4-5-9-18(16)12-21/h1-12,19-20,31H,13-15,24H2/t19-,20+/m0/s1. The number of benzene rings is 3. The highest BCUT2D eigenvalue weighted by atomic mass is 32.2. The SMILES string of the molecule is Nc1c(-c2ccccc2)nnn1C[C@@H]1C[C@@H](S)CN1S(=O)(=O)c1ccc2ccccc2c1. The molecule has 1 aliphatic rings. The van der Waals surface area contributed by atoms with Gasteiger partial charge in [-0.15, -0.1) is 5.10 Å². The van der Waals surface area contributed by atoms with Crippen LogP contribution in [0.4, 0.5) is 5.82 Å². The van der Waals surface area contributed by atoms with E-state index < -0.39 is 10.0 Å². The Balaban J connectivity index is 1.45. The predicted octanol–water partition coefficient (Wildman–Crippen LogP) is 3.44. The van der Waals surface area contributed by atoms with Crippen LogP contribution in [0.15, 0.2) is 77.7 Å². The number of sulfonamides is 1. The van der Waals surface area contributed by atoms with Crippen LogP contribution < -0.4 is 5.73 Å². The molecule has 1 saturated heterocycles. The van der Waals surface area contributed by atoms with Gasteiger partial charge in [-0.05, 0) is 29.3 Å². The van der Waals surface area contributed by atoms with Crippen molar-refractivity contribution < 1.29 is 8.42 Å². The number of hydrogen-bond acceptors (Lipinski definition) is 6. The Bertz CT molecular complexity index is 1370. The Labute approximate surface area is 192 Å². The van der Waals surface area contributed by atoms with E-state index in [1.54, 1.807) is 16.8 Å². The molecule has 32 heavy (non-hydrogen) atoms. The Kier molecular flexibility index (Phi) is 5.40. The summed E-state index contributed by atoms with van der Waals surface area (Å²) in [6.07, 6.45) is 0.607. The van der Waals surface area contributed by atoms with Crippen LogP contribution >= 0.6 is 12.6 Å². The molecule has 1 aromatic heterocycles. The lowest BCUT2D eigenvalue weighted by Gasteiger charge is -2.24. The molecule has 2 N–H and O–H groups in total. The van der Waals surface area contributed by atoms with Gasteiger partial charge in [-0.2, -0.15) is 16.9 Å². The molecule has 0 bridgehead atoms. The number of rotatable bonds is 5. The molecule has 4 aromatic rings. The van der Waals surface area contributed by atoms with Crippen molar-refractivity contribution in [3.8, 4) is 11.3 Å². The quantitative estimate of drug-likeness (QED) is 0.441. The summed E-state index contributed by atoms with van der Waals surface area (Å²) < 4.78 is 30.2. The van der Waals surface area contributed by atoms with Crippen molar-refractivity contribution in [3.05, 3.63) is 72.8 Å². The van der Waals surface area contributed by atoms with E-state index in [0.29, 0.717) is 31.0 Å². The van der Waals surface area contributed by atoms with E-state index in [9.17, 15) is 8.42 Å². The summed E-state index contributed by atoms with van der Waals surface area (Å²) in [5.74, 6) is 0.418. The number of thiol groups is 1. The van der Waals surface area contributed by atoms with Crippen molar-refractivity contribution in [2.24, 2.45) is 0 Å². The van der Waals surface area contributed by atoms with E-state index in [-0.39, 0.29) is 16.2 Å². The zero-order valence-electron chi connectivity index (χ0n) is 17.2. The molecular formula is C23H23N5O2S2. The summed E-state index contributed by atoms with van der Waals surface area (Å²) in [4.78, 5) is 0.278. The van der Waals surface area contributed by atoms with Gasteiger partial charge in [0.05, 0.1) is 11.4 Å². The third kappa shape index (κ3) is 3.76. The summed E-state index contributed by atoms with van der Waals surface area (Å²) in [5, 5.41) is 10.3. The number of fused-ring (bicyclic) bond motifs is 1. The molecular weight excluding hydrogens is 442 g/mol. The van der Waals surface area contributed by atoms with Gasteiger partial charge in [0, 0.05) is 23.4 Å². The number of hydrogen-bond donors (Lipinski definition) is 2. The first-order valence-electron chi connectivity index (χ1n) is 10.4. The maximum absolute atomic E-state index is 13.6. The van der Waals surface area contributed by atoms with Crippen LogP contribution in [0.2, 0.25) is 0 Å². The fourth-order valence-corrected chi connectivity index (χ4v) is 6.48. The third-order valence-corrected chi connectivity index (χ3v) is 8.16. The molecule has 9 heteroatoms. The molecule has 0 unspecified atom stereocenters. The lowest BCUT2D eigenvalue weighted by molar-refractivity contribution is 0.340. The van der Waals surface area contributed by atoms with Gasteiger partial charge in [0.2, 0.25) is 10.0 Å². The molecule has 0 amide bonds. The molecule has 164 valence electrons. The average molecular weight is 466 g/mol. The lowest BCUT2D eigenvalue weighted by Crippen LogP contribution is -2.38. The first-order valence-corrected chi connectivity index (χ1v) is 12.3. The predicted molar refractivity (Wildman–Crippen MR) is 129 cm³/mol. The van der Waals surface area contributed by atoms with E-state index in [1.165, 1.54) is 4.31 Å². The van der Waals surface area contributed by atoms with E-state index in [4.69, 9.17) is 5.73 Å². The second kappa shape index (κ2) is 8.23. The second-order valence-corrected chi connectivity index (χ2v) is 10.6. The zero-order valence-corrected chi connectivity index (χ0v) is 19.0. The minimum Gasteiger partial charge on any atom is -0.382 e. The van der Waals surface area contributed by atoms with Crippen LogP contribution in [0.5, 0.6) is 0 Å². The van der Waals surface area contributed by atoms with Crippen molar-refractivity contribution in [2.45, 2.75) is 29.2 Å². The zero-order chi connectivity index (χ0) is 22.3. The van der Waals surface area contributed by atoms with Gasteiger partial charge in [0.1, 0.15) is 11.5 Å². The van der Waals surface area contributed by atoms with Crippen molar-refractivity contribution >= 4 is 39.2 Å². The molecule has 5 rings (SSSR count). The molecule has 0 radical (unpaired) electrons. The van der Waals surface area contributed by atoms with Crippen molar-refractivity contribution in [1.29, 1.82) is 0 Å². The number of nitrogens with zero attached hydrogens (tertiary/aromatic N) is 4. The summed E-state index contributed by atoms with van der Waals surface area (Å²) in [5.41, 5.74) is 7.79. The first-order chi connectivity index (χ1) is 15.4. The van der Waals surface area contributed by atoms with Crippen LogP contribution in [-0.4, -0.2) is 45.6 Å². The highest BCUT2D eigenvalue weighted by Crippen LogP contribution is 2.32. The van der Waals surface area contributed by atoms with Crippen LogP contribution in [0, 0.1) is 0 Å². The molecule has 1 fully saturated rings. The second-order valence-electron chi connectivity index (χ2n) is 8.00. The molecule has 2 heterocycles. The van der Waals surface area contributed by atoms with Gasteiger partial charge >= 0.3 is 0 Å². The smallest absolute Gasteiger partial charge is 0.243 e.